The molecule has 110 valence electrons. The number of Topliss-reactive ketones (excluding diaryl/α,β-unsaturated/α-hetero) is 1. The number of phenolic OH excluding ortho intramolecular Hbond substituents is 1. The number of piperidine rings is 1. The van der Waals surface area contributed by atoms with Gasteiger partial charge in [-0.15, -0.1) is 0 Å². The first-order valence-electron chi connectivity index (χ1n) is 7.18. The molecule has 1 aromatic rings. The molecule has 1 aromatic carbocycles. The van der Waals surface area contributed by atoms with Gasteiger partial charge in [-0.3, -0.25) is 9.69 Å². The highest BCUT2D eigenvalue weighted by molar-refractivity contribution is 6.31. The number of carbonyl (C=O) groups excluding carboxylic acids is 1. The molecule has 0 saturated carbocycles. The van der Waals surface area contributed by atoms with Crippen molar-refractivity contribution in [1.29, 1.82) is 0 Å². The van der Waals surface area contributed by atoms with Gasteiger partial charge in [0.25, 0.3) is 0 Å². The van der Waals surface area contributed by atoms with Gasteiger partial charge in [-0.25, -0.2) is 0 Å². The Hall–Kier alpha value is -1.06. The molecule has 1 N–H and O–H groups in total. The number of benzene rings is 1. The zero-order valence-corrected chi connectivity index (χ0v) is 13.1. The number of nitrogens with zero attached hydrogens (tertiary/aromatic N) is 1. The smallest absolute Gasteiger partial charge is 0.163 e. The number of rotatable bonds is 3. The average molecular weight is 296 g/mol. The second-order valence-corrected chi connectivity index (χ2v) is 6.25. The lowest BCUT2D eigenvalue weighted by molar-refractivity contribution is 0.0940. The summed E-state index contributed by atoms with van der Waals surface area (Å²) in [6.45, 7) is 6.50. The van der Waals surface area contributed by atoms with Crippen LogP contribution in [-0.4, -0.2) is 27.9 Å². The third kappa shape index (κ3) is 3.15. The van der Waals surface area contributed by atoms with Crippen LogP contribution < -0.4 is 0 Å². The summed E-state index contributed by atoms with van der Waals surface area (Å²) in [7, 11) is 0. The third-order valence-corrected chi connectivity index (χ3v) is 4.48. The van der Waals surface area contributed by atoms with Gasteiger partial charge in [0.2, 0.25) is 0 Å². The number of aromatic hydroxyl groups is 1. The first-order chi connectivity index (χ1) is 9.40. The summed E-state index contributed by atoms with van der Waals surface area (Å²) >= 11 is 6.07. The molecule has 0 unspecified atom stereocenters. The molecule has 20 heavy (non-hydrogen) atoms. The molecule has 2 atom stereocenters. The monoisotopic (exact) mass is 295 g/mol. The number of ketones is 1. The highest BCUT2D eigenvalue weighted by Gasteiger charge is 2.26. The van der Waals surface area contributed by atoms with Crippen molar-refractivity contribution in [1.82, 2.24) is 4.90 Å². The average Bonchev–Trinajstić information content (AvgIpc) is 2.37. The van der Waals surface area contributed by atoms with Gasteiger partial charge < -0.3 is 5.11 Å². The largest absolute Gasteiger partial charge is 0.507 e. The molecule has 0 amide bonds. The molecule has 0 radical (unpaired) electrons. The number of likely N-dealkylation sites (tertiary alicyclic amines) is 1. The third-order valence-electron chi connectivity index (χ3n) is 4.26. The predicted octanol–water partition coefficient (Wildman–Crippen LogP) is 4.01. The molecular formula is C16H22ClNO2. The van der Waals surface area contributed by atoms with Crippen LogP contribution in [0.25, 0.3) is 0 Å². The van der Waals surface area contributed by atoms with Crippen LogP contribution in [0, 0.1) is 0 Å². The second-order valence-electron chi connectivity index (χ2n) is 5.82. The van der Waals surface area contributed by atoms with Crippen LogP contribution in [0.2, 0.25) is 5.02 Å². The minimum atomic E-state index is -0.161. The number of phenols is 1. The molecule has 1 aliphatic rings. The van der Waals surface area contributed by atoms with Gasteiger partial charge >= 0.3 is 0 Å². The summed E-state index contributed by atoms with van der Waals surface area (Å²) in [5.74, 6) is -0.0853. The summed E-state index contributed by atoms with van der Waals surface area (Å²) in [6.07, 6.45) is 3.59. The lowest BCUT2D eigenvalue weighted by atomic mass is 9.96. The number of hydrogen-bond acceptors (Lipinski definition) is 3. The maximum atomic E-state index is 11.6. The van der Waals surface area contributed by atoms with Gasteiger partial charge in [0.05, 0.1) is 5.56 Å². The van der Waals surface area contributed by atoms with E-state index in [1.54, 1.807) is 6.07 Å². The molecule has 0 aliphatic carbocycles. The SMILES string of the molecule is CC(=O)c1cc(Cl)cc(CN2[C@H](C)CCC[C@@H]2C)c1O. The summed E-state index contributed by atoms with van der Waals surface area (Å²) < 4.78 is 0. The molecule has 1 fully saturated rings. The maximum Gasteiger partial charge on any atom is 0.163 e. The Kier molecular flexibility index (Phi) is 4.71. The summed E-state index contributed by atoms with van der Waals surface area (Å²) in [5, 5.41) is 10.8. The fourth-order valence-electron chi connectivity index (χ4n) is 3.03. The second kappa shape index (κ2) is 6.15. The number of carbonyl (C=O) groups is 1. The van der Waals surface area contributed by atoms with Crippen molar-refractivity contribution in [2.24, 2.45) is 0 Å². The lowest BCUT2D eigenvalue weighted by Crippen LogP contribution is -2.43. The highest BCUT2D eigenvalue weighted by Crippen LogP contribution is 2.32. The van der Waals surface area contributed by atoms with Gasteiger partial charge in [0, 0.05) is 29.2 Å². The van der Waals surface area contributed by atoms with Crippen LogP contribution in [0.4, 0.5) is 0 Å². The first-order valence-corrected chi connectivity index (χ1v) is 7.56. The van der Waals surface area contributed by atoms with E-state index in [0.717, 1.165) is 5.56 Å². The van der Waals surface area contributed by atoms with Gasteiger partial charge in [-0.05, 0) is 45.7 Å². The molecule has 3 nitrogen and oxygen atoms in total. The summed E-state index contributed by atoms with van der Waals surface area (Å²) in [6, 6.07) is 4.26. The van der Waals surface area contributed by atoms with E-state index in [2.05, 4.69) is 18.7 Å². The van der Waals surface area contributed by atoms with Gasteiger partial charge in [0.15, 0.2) is 5.78 Å². The van der Waals surface area contributed by atoms with E-state index in [4.69, 9.17) is 11.6 Å². The normalized spacial score (nSPS) is 23.8. The zero-order chi connectivity index (χ0) is 14.9. The van der Waals surface area contributed by atoms with Gasteiger partial charge in [-0.2, -0.15) is 0 Å². The Bertz CT molecular complexity index is 505. The molecule has 4 heteroatoms. The minimum Gasteiger partial charge on any atom is -0.507 e. The predicted molar refractivity (Wildman–Crippen MR) is 81.4 cm³/mol. The minimum absolute atomic E-state index is 0.0758. The Balaban J connectivity index is 2.31. The van der Waals surface area contributed by atoms with Crippen LogP contribution in [0.15, 0.2) is 12.1 Å². The van der Waals surface area contributed by atoms with Crippen molar-refractivity contribution in [3.05, 3.63) is 28.3 Å². The van der Waals surface area contributed by atoms with E-state index in [-0.39, 0.29) is 11.5 Å². The Labute approximate surface area is 125 Å². The molecular weight excluding hydrogens is 274 g/mol. The van der Waals surface area contributed by atoms with Crippen molar-refractivity contribution in [3.63, 3.8) is 0 Å². The van der Waals surface area contributed by atoms with E-state index < -0.39 is 0 Å². The van der Waals surface area contributed by atoms with Crippen LogP contribution in [0.3, 0.4) is 0 Å². The molecule has 1 heterocycles. The van der Waals surface area contributed by atoms with Crippen molar-refractivity contribution < 1.29 is 9.90 Å². The Morgan fingerprint density at radius 2 is 1.95 bits per heavy atom. The quantitative estimate of drug-likeness (QED) is 0.857. The van der Waals surface area contributed by atoms with Crippen LogP contribution >= 0.6 is 11.6 Å². The van der Waals surface area contributed by atoms with Crippen LogP contribution in [0.5, 0.6) is 5.75 Å². The van der Waals surface area contributed by atoms with Crippen LogP contribution in [-0.2, 0) is 6.54 Å². The van der Waals surface area contributed by atoms with E-state index in [9.17, 15) is 9.90 Å². The number of hydrogen-bond donors (Lipinski definition) is 1. The van der Waals surface area contributed by atoms with Crippen molar-refractivity contribution >= 4 is 17.4 Å². The molecule has 2 rings (SSSR count). The molecule has 1 aliphatic heterocycles. The van der Waals surface area contributed by atoms with E-state index >= 15 is 0 Å². The van der Waals surface area contributed by atoms with Gasteiger partial charge in [-0.1, -0.05) is 18.0 Å². The molecule has 0 spiro atoms. The highest BCUT2D eigenvalue weighted by atomic mass is 35.5. The number of halogens is 1. The Morgan fingerprint density at radius 1 is 1.35 bits per heavy atom. The molecule has 1 saturated heterocycles. The molecule has 0 aromatic heterocycles. The van der Waals surface area contributed by atoms with Crippen LogP contribution in [0.1, 0.15) is 56.0 Å². The summed E-state index contributed by atoms with van der Waals surface area (Å²) in [5.41, 5.74) is 1.05. The maximum absolute atomic E-state index is 11.6. The van der Waals surface area contributed by atoms with E-state index in [1.807, 2.05) is 0 Å². The fourth-order valence-corrected chi connectivity index (χ4v) is 3.27. The summed E-state index contributed by atoms with van der Waals surface area (Å²) in [4.78, 5) is 13.9. The van der Waals surface area contributed by atoms with Crippen molar-refractivity contribution in [2.45, 2.75) is 58.7 Å². The van der Waals surface area contributed by atoms with Crippen molar-refractivity contribution in [2.75, 3.05) is 0 Å². The molecule has 0 bridgehead atoms. The fraction of sp³-hybridized carbons (Fsp3) is 0.562. The zero-order valence-electron chi connectivity index (χ0n) is 12.3. The van der Waals surface area contributed by atoms with Gasteiger partial charge in [0.1, 0.15) is 5.75 Å². The van der Waals surface area contributed by atoms with E-state index in [0.29, 0.717) is 29.2 Å². The lowest BCUT2D eigenvalue weighted by Gasteiger charge is -2.39. The Morgan fingerprint density at radius 3 is 2.50 bits per heavy atom. The van der Waals surface area contributed by atoms with Crippen molar-refractivity contribution in [3.8, 4) is 5.75 Å². The van der Waals surface area contributed by atoms with E-state index in [1.165, 1.54) is 32.3 Å². The standard InChI is InChI=1S/C16H22ClNO2/c1-10-5-4-6-11(2)18(10)9-13-7-14(17)8-15(12(3)19)16(13)20/h7-8,10-11,20H,4-6,9H2,1-3H3/t10-,11+. The topological polar surface area (TPSA) is 40.5 Å². The first kappa shape index (κ1) is 15.3.